The molecule has 118 valence electrons. The average molecular weight is 375 g/mol. The highest BCUT2D eigenvalue weighted by Crippen LogP contribution is 2.35. The van der Waals surface area contributed by atoms with Crippen molar-refractivity contribution in [2.75, 3.05) is 5.32 Å². The number of anilines is 1. The molecule has 1 aliphatic rings. The number of carbonyl (C=O) groups excluding carboxylic acids is 1. The van der Waals surface area contributed by atoms with Gasteiger partial charge in [0, 0.05) is 34.0 Å². The van der Waals surface area contributed by atoms with Crippen molar-refractivity contribution in [1.82, 2.24) is 4.98 Å². The standard InChI is InChI=1S/C17H15BrN2O3/c1-9-10(2-5-16(21)22)8-19-15(9)7-13-12-6-11(18)3-4-14(12)20-17(13)23/h3-4,6-8,19H,2,5H2,1H3,(H,20,23)(H,21,22)/b13-7-. The van der Waals surface area contributed by atoms with Crippen molar-refractivity contribution in [3.63, 3.8) is 0 Å². The summed E-state index contributed by atoms with van der Waals surface area (Å²) in [6, 6.07) is 5.65. The Hall–Kier alpha value is -2.34. The largest absolute Gasteiger partial charge is 0.481 e. The maximum Gasteiger partial charge on any atom is 0.303 e. The summed E-state index contributed by atoms with van der Waals surface area (Å²) in [5.74, 6) is -0.960. The number of amides is 1. The zero-order valence-corrected chi connectivity index (χ0v) is 14.0. The molecule has 0 atom stereocenters. The minimum atomic E-state index is -0.820. The lowest BCUT2D eigenvalue weighted by atomic mass is 10.0. The van der Waals surface area contributed by atoms with Crippen molar-refractivity contribution in [2.45, 2.75) is 19.8 Å². The van der Waals surface area contributed by atoms with Gasteiger partial charge < -0.3 is 15.4 Å². The highest BCUT2D eigenvalue weighted by atomic mass is 79.9. The molecule has 0 unspecified atom stereocenters. The van der Waals surface area contributed by atoms with Gasteiger partial charge in [-0.2, -0.15) is 0 Å². The number of nitrogens with one attached hydrogen (secondary N) is 2. The molecule has 0 spiro atoms. The van der Waals surface area contributed by atoms with E-state index in [2.05, 4.69) is 26.2 Å². The van der Waals surface area contributed by atoms with Gasteiger partial charge in [0.25, 0.3) is 5.91 Å². The molecule has 5 nitrogen and oxygen atoms in total. The quantitative estimate of drug-likeness (QED) is 0.715. The molecular formula is C17H15BrN2O3. The van der Waals surface area contributed by atoms with Crippen molar-refractivity contribution in [3.8, 4) is 0 Å². The topological polar surface area (TPSA) is 82.2 Å². The number of fused-ring (bicyclic) bond motifs is 1. The lowest BCUT2D eigenvalue weighted by Crippen LogP contribution is -2.03. The number of carbonyl (C=O) groups is 2. The molecule has 3 rings (SSSR count). The third-order valence-electron chi connectivity index (χ3n) is 3.95. The molecule has 0 fully saturated rings. The fourth-order valence-corrected chi connectivity index (χ4v) is 3.01. The highest BCUT2D eigenvalue weighted by molar-refractivity contribution is 9.10. The van der Waals surface area contributed by atoms with Crippen LogP contribution in [0.1, 0.15) is 28.8 Å². The molecular weight excluding hydrogens is 360 g/mol. The van der Waals surface area contributed by atoms with E-state index < -0.39 is 5.97 Å². The Kier molecular flexibility index (Phi) is 4.09. The van der Waals surface area contributed by atoms with Crippen LogP contribution in [0.25, 0.3) is 11.6 Å². The Balaban J connectivity index is 1.95. The third-order valence-corrected chi connectivity index (χ3v) is 4.44. The second kappa shape index (κ2) is 6.04. The Bertz CT molecular complexity index is 836. The first-order valence-corrected chi connectivity index (χ1v) is 7.96. The van der Waals surface area contributed by atoms with E-state index in [1.165, 1.54) is 0 Å². The van der Waals surface area contributed by atoms with E-state index in [9.17, 15) is 9.59 Å². The molecule has 1 aromatic heterocycles. The molecule has 0 aliphatic carbocycles. The van der Waals surface area contributed by atoms with Crippen LogP contribution in [0, 0.1) is 6.92 Å². The van der Waals surface area contributed by atoms with Gasteiger partial charge in [-0.15, -0.1) is 0 Å². The van der Waals surface area contributed by atoms with E-state index in [4.69, 9.17) is 5.11 Å². The molecule has 0 saturated carbocycles. The number of hydrogen-bond donors (Lipinski definition) is 3. The summed E-state index contributed by atoms with van der Waals surface area (Å²) >= 11 is 3.42. The molecule has 23 heavy (non-hydrogen) atoms. The predicted octanol–water partition coefficient (Wildman–Crippen LogP) is 3.60. The first-order chi connectivity index (χ1) is 11.0. The average Bonchev–Trinajstić information content (AvgIpc) is 2.99. The van der Waals surface area contributed by atoms with Gasteiger partial charge in [-0.3, -0.25) is 9.59 Å². The van der Waals surface area contributed by atoms with Gasteiger partial charge in [-0.25, -0.2) is 0 Å². The first kappa shape index (κ1) is 15.6. The predicted molar refractivity (Wildman–Crippen MR) is 92.1 cm³/mol. The number of carboxylic acid groups (broad SMARTS) is 1. The van der Waals surface area contributed by atoms with Crippen molar-refractivity contribution in [2.24, 2.45) is 0 Å². The number of hydrogen-bond acceptors (Lipinski definition) is 2. The van der Waals surface area contributed by atoms with Gasteiger partial charge in [0.05, 0.1) is 5.57 Å². The lowest BCUT2D eigenvalue weighted by Gasteiger charge is -2.01. The molecule has 6 heteroatoms. The maximum absolute atomic E-state index is 12.2. The van der Waals surface area contributed by atoms with Crippen molar-refractivity contribution in [3.05, 3.63) is 51.3 Å². The van der Waals surface area contributed by atoms with Gasteiger partial charge in [0.15, 0.2) is 0 Å². The van der Waals surface area contributed by atoms with Crippen LogP contribution in [-0.2, 0) is 16.0 Å². The van der Waals surface area contributed by atoms with Gasteiger partial charge in [-0.05, 0) is 48.7 Å². The van der Waals surface area contributed by atoms with E-state index in [1.807, 2.05) is 31.2 Å². The minimum absolute atomic E-state index is 0.0883. The molecule has 1 aliphatic heterocycles. The number of aliphatic carboxylic acids is 1. The van der Waals surface area contributed by atoms with E-state index in [0.29, 0.717) is 12.0 Å². The summed E-state index contributed by atoms with van der Waals surface area (Å²) in [6.07, 6.45) is 4.17. The summed E-state index contributed by atoms with van der Waals surface area (Å²) in [6.45, 7) is 1.93. The second-order valence-corrected chi connectivity index (χ2v) is 6.36. The van der Waals surface area contributed by atoms with E-state index in [0.717, 1.165) is 32.5 Å². The normalized spacial score (nSPS) is 14.9. The molecule has 0 saturated heterocycles. The third kappa shape index (κ3) is 3.07. The zero-order valence-electron chi connectivity index (χ0n) is 12.4. The van der Waals surface area contributed by atoms with Crippen molar-refractivity contribution >= 4 is 45.1 Å². The van der Waals surface area contributed by atoms with Crippen LogP contribution in [0.15, 0.2) is 28.9 Å². The molecule has 0 radical (unpaired) electrons. The monoisotopic (exact) mass is 374 g/mol. The molecule has 3 N–H and O–H groups in total. The van der Waals surface area contributed by atoms with E-state index in [-0.39, 0.29) is 12.3 Å². The molecule has 0 bridgehead atoms. The van der Waals surface area contributed by atoms with Gasteiger partial charge >= 0.3 is 5.97 Å². The van der Waals surface area contributed by atoms with Crippen LogP contribution < -0.4 is 5.32 Å². The number of carboxylic acids is 1. The van der Waals surface area contributed by atoms with Crippen molar-refractivity contribution in [1.29, 1.82) is 0 Å². The molecule has 2 heterocycles. The smallest absolute Gasteiger partial charge is 0.303 e. The molecule has 2 aromatic rings. The number of H-pyrrole nitrogens is 1. The summed E-state index contributed by atoms with van der Waals surface area (Å²) in [5.41, 5.74) is 4.98. The number of aromatic nitrogens is 1. The van der Waals surface area contributed by atoms with E-state index >= 15 is 0 Å². The SMILES string of the molecule is Cc1c(CCC(=O)O)c[nH]c1/C=C1\C(=O)Nc2ccc(Br)cc21. The summed E-state index contributed by atoms with van der Waals surface area (Å²) in [4.78, 5) is 26.0. The summed E-state index contributed by atoms with van der Waals surface area (Å²) in [7, 11) is 0. The summed E-state index contributed by atoms with van der Waals surface area (Å²) in [5, 5.41) is 11.6. The van der Waals surface area contributed by atoms with Crippen LogP contribution in [-0.4, -0.2) is 22.0 Å². The fourth-order valence-electron chi connectivity index (χ4n) is 2.65. The van der Waals surface area contributed by atoms with Crippen LogP contribution in [0.3, 0.4) is 0 Å². The Morgan fingerprint density at radius 3 is 2.91 bits per heavy atom. The summed E-state index contributed by atoms with van der Waals surface area (Å²) < 4.78 is 0.906. The molecule has 1 aromatic carbocycles. The Labute approximate surface area is 141 Å². The highest BCUT2D eigenvalue weighted by Gasteiger charge is 2.24. The Morgan fingerprint density at radius 1 is 1.39 bits per heavy atom. The lowest BCUT2D eigenvalue weighted by molar-refractivity contribution is -0.137. The van der Waals surface area contributed by atoms with Gasteiger partial charge in [0.2, 0.25) is 0 Å². The van der Waals surface area contributed by atoms with Crippen molar-refractivity contribution < 1.29 is 14.7 Å². The van der Waals surface area contributed by atoms with Crippen LogP contribution in [0.4, 0.5) is 5.69 Å². The zero-order chi connectivity index (χ0) is 16.6. The van der Waals surface area contributed by atoms with Gasteiger partial charge in [-0.1, -0.05) is 15.9 Å². The van der Waals surface area contributed by atoms with Gasteiger partial charge in [0.1, 0.15) is 0 Å². The molecule has 1 amide bonds. The Morgan fingerprint density at radius 2 is 2.17 bits per heavy atom. The second-order valence-electron chi connectivity index (χ2n) is 5.45. The first-order valence-electron chi connectivity index (χ1n) is 7.17. The number of benzene rings is 1. The van der Waals surface area contributed by atoms with Crippen LogP contribution in [0.5, 0.6) is 0 Å². The van der Waals surface area contributed by atoms with Crippen LogP contribution >= 0.6 is 15.9 Å². The number of aromatic amines is 1. The van der Waals surface area contributed by atoms with E-state index in [1.54, 1.807) is 6.20 Å². The maximum atomic E-state index is 12.2. The number of halogens is 1. The minimum Gasteiger partial charge on any atom is -0.481 e. The number of rotatable bonds is 4. The number of aryl methyl sites for hydroxylation is 1. The van der Waals surface area contributed by atoms with Crippen LogP contribution in [0.2, 0.25) is 0 Å². The fraction of sp³-hybridized carbons (Fsp3) is 0.176.